The molecule has 24 heavy (non-hydrogen) atoms. The molecule has 2 heterocycles. The summed E-state index contributed by atoms with van der Waals surface area (Å²) in [5.74, 6) is -0.430. The number of halogens is 1. The van der Waals surface area contributed by atoms with Crippen molar-refractivity contribution in [1.82, 2.24) is 4.90 Å². The number of fused-ring (bicyclic) bond motifs is 1. The zero-order valence-corrected chi connectivity index (χ0v) is 15.5. The molecule has 2 aliphatic heterocycles. The highest BCUT2D eigenvalue weighted by atomic mass is 79.9. The van der Waals surface area contributed by atoms with E-state index in [-0.39, 0.29) is 29.6 Å². The molecule has 1 saturated heterocycles. The van der Waals surface area contributed by atoms with Crippen LogP contribution in [0.3, 0.4) is 0 Å². The second-order valence-electron chi connectivity index (χ2n) is 5.27. The van der Waals surface area contributed by atoms with Crippen LogP contribution in [0.2, 0.25) is 0 Å². The lowest BCUT2D eigenvalue weighted by molar-refractivity contribution is -0.139. The van der Waals surface area contributed by atoms with Gasteiger partial charge in [-0.1, -0.05) is 27.7 Å². The molecule has 1 atom stereocenters. The smallest absolute Gasteiger partial charge is 0.338 e. The summed E-state index contributed by atoms with van der Waals surface area (Å²) in [5, 5.41) is 10.9. The highest BCUT2D eigenvalue weighted by Gasteiger charge is 2.44. The average molecular weight is 411 g/mol. The second kappa shape index (κ2) is 6.60. The van der Waals surface area contributed by atoms with Gasteiger partial charge in [-0.2, -0.15) is 0 Å². The number of thioether (sulfide) groups is 1. The number of benzene rings is 1. The van der Waals surface area contributed by atoms with Gasteiger partial charge in [0.25, 0.3) is 0 Å². The number of carbonyl (C=O) groups excluding carboxylic acids is 2. The molecular formula is C16H15BrN2O4S. The van der Waals surface area contributed by atoms with Gasteiger partial charge in [0.15, 0.2) is 5.17 Å². The molecule has 0 aliphatic carbocycles. The summed E-state index contributed by atoms with van der Waals surface area (Å²) in [6, 6.07) is 4.16. The zero-order valence-electron chi connectivity index (χ0n) is 13.1. The number of amidine groups is 1. The fourth-order valence-corrected chi connectivity index (χ4v) is 4.07. The van der Waals surface area contributed by atoms with Crippen molar-refractivity contribution in [2.75, 3.05) is 12.4 Å². The number of hydrogen-bond acceptors (Lipinski definition) is 6. The monoisotopic (exact) mass is 410 g/mol. The number of phenolic OH excluding ortho intramolecular Hbond substituents is 1. The molecule has 126 valence electrons. The number of nitrogens with zero attached hydrogens (tertiary/aromatic N) is 2. The van der Waals surface area contributed by atoms with E-state index in [9.17, 15) is 14.7 Å². The van der Waals surface area contributed by atoms with Gasteiger partial charge in [-0.3, -0.25) is 9.69 Å². The van der Waals surface area contributed by atoms with E-state index in [0.717, 1.165) is 4.47 Å². The predicted octanol–water partition coefficient (Wildman–Crippen LogP) is 2.98. The third-order valence-corrected chi connectivity index (χ3v) is 5.19. The first kappa shape index (κ1) is 17.0. The quantitative estimate of drug-likeness (QED) is 0.774. The maximum Gasteiger partial charge on any atom is 0.338 e. The van der Waals surface area contributed by atoms with Crippen molar-refractivity contribution in [3.05, 3.63) is 39.5 Å². The van der Waals surface area contributed by atoms with Gasteiger partial charge in [0, 0.05) is 10.0 Å². The highest BCUT2D eigenvalue weighted by Crippen LogP contribution is 2.44. The molecule has 3 rings (SSSR count). The molecule has 1 N–H and O–H groups in total. The van der Waals surface area contributed by atoms with Crippen molar-refractivity contribution in [3.8, 4) is 5.75 Å². The summed E-state index contributed by atoms with van der Waals surface area (Å²) >= 11 is 4.69. The lowest BCUT2D eigenvalue weighted by atomic mass is 9.94. The molecule has 0 bridgehead atoms. The number of amides is 1. The van der Waals surface area contributed by atoms with Gasteiger partial charge < -0.3 is 9.84 Å². The topological polar surface area (TPSA) is 79.2 Å². The minimum absolute atomic E-state index is 0.00347. The number of rotatable bonds is 3. The van der Waals surface area contributed by atoms with E-state index in [4.69, 9.17) is 4.74 Å². The average Bonchev–Trinajstić information content (AvgIpc) is 2.89. The Morgan fingerprint density at radius 3 is 3.00 bits per heavy atom. The Morgan fingerprint density at radius 2 is 2.29 bits per heavy atom. The van der Waals surface area contributed by atoms with E-state index in [1.54, 1.807) is 26.0 Å². The first-order chi connectivity index (χ1) is 11.4. The Morgan fingerprint density at radius 1 is 1.54 bits per heavy atom. The van der Waals surface area contributed by atoms with Gasteiger partial charge in [0.05, 0.1) is 23.6 Å². The van der Waals surface area contributed by atoms with E-state index in [1.165, 1.54) is 22.7 Å². The van der Waals surface area contributed by atoms with Gasteiger partial charge in [0.2, 0.25) is 5.91 Å². The largest absolute Gasteiger partial charge is 0.508 e. The van der Waals surface area contributed by atoms with E-state index in [2.05, 4.69) is 20.9 Å². The van der Waals surface area contributed by atoms with Crippen LogP contribution >= 0.6 is 27.7 Å². The predicted molar refractivity (Wildman–Crippen MR) is 94.6 cm³/mol. The zero-order chi connectivity index (χ0) is 17.4. The van der Waals surface area contributed by atoms with Crippen molar-refractivity contribution in [2.24, 2.45) is 4.99 Å². The number of phenols is 1. The van der Waals surface area contributed by atoms with E-state index in [1.807, 2.05) is 0 Å². The molecule has 0 unspecified atom stereocenters. The summed E-state index contributed by atoms with van der Waals surface area (Å²) in [4.78, 5) is 30.7. The Hall–Kier alpha value is -1.80. The van der Waals surface area contributed by atoms with Crippen LogP contribution in [0.5, 0.6) is 5.75 Å². The standard InChI is InChI=1S/C16H15BrN2O4S/c1-3-23-15(22)13-8(2)18-16-19(12(21)7-24-16)14(13)10-6-9(17)4-5-11(10)20/h4-6,14,20H,3,7H2,1-2H3/t14-/m1/s1. The number of allylic oxidation sites excluding steroid dienone is 1. The number of aliphatic imine (C=N–C) groups is 1. The third kappa shape index (κ3) is 2.84. The number of esters is 1. The first-order valence-corrected chi connectivity index (χ1v) is 9.11. The number of hydrogen-bond donors (Lipinski definition) is 1. The molecule has 8 heteroatoms. The summed E-state index contributed by atoms with van der Waals surface area (Å²) in [7, 11) is 0. The summed E-state index contributed by atoms with van der Waals surface area (Å²) in [6.45, 7) is 3.64. The maximum atomic E-state index is 12.5. The van der Waals surface area contributed by atoms with E-state index >= 15 is 0 Å². The summed E-state index contributed by atoms with van der Waals surface area (Å²) in [5.41, 5.74) is 1.21. The van der Waals surface area contributed by atoms with Crippen molar-refractivity contribution in [2.45, 2.75) is 19.9 Å². The lowest BCUT2D eigenvalue weighted by Gasteiger charge is -2.33. The van der Waals surface area contributed by atoms with Crippen LogP contribution in [-0.2, 0) is 14.3 Å². The van der Waals surface area contributed by atoms with Crippen molar-refractivity contribution < 1.29 is 19.4 Å². The van der Waals surface area contributed by atoms with Crippen molar-refractivity contribution in [3.63, 3.8) is 0 Å². The van der Waals surface area contributed by atoms with Crippen molar-refractivity contribution in [1.29, 1.82) is 0 Å². The van der Waals surface area contributed by atoms with Gasteiger partial charge in [-0.15, -0.1) is 0 Å². The molecule has 1 aromatic carbocycles. The van der Waals surface area contributed by atoms with Gasteiger partial charge in [-0.05, 0) is 32.0 Å². The van der Waals surface area contributed by atoms with Crippen LogP contribution < -0.4 is 0 Å². The Bertz CT molecular complexity index is 790. The Labute approximate surface area is 151 Å². The number of carbonyl (C=O) groups is 2. The van der Waals surface area contributed by atoms with Crippen LogP contribution in [0.25, 0.3) is 0 Å². The van der Waals surface area contributed by atoms with Gasteiger partial charge in [-0.25, -0.2) is 9.79 Å². The number of ether oxygens (including phenoxy) is 1. The second-order valence-corrected chi connectivity index (χ2v) is 7.13. The lowest BCUT2D eigenvalue weighted by Crippen LogP contribution is -2.39. The molecular weight excluding hydrogens is 396 g/mol. The molecule has 0 aromatic heterocycles. The molecule has 2 aliphatic rings. The fraction of sp³-hybridized carbons (Fsp3) is 0.312. The normalized spacial score (nSPS) is 20.1. The minimum atomic E-state index is -0.753. The molecule has 1 amide bonds. The summed E-state index contributed by atoms with van der Waals surface area (Å²) < 4.78 is 5.89. The fourth-order valence-electron chi connectivity index (χ4n) is 2.75. The molecule has 1 fully saturated rings. The summed E-state index contributed by atoms with van der Waals surface area (Å²) in [6.07, 6.45) is 0. The van der Waals surface area contributed by atoms with Crippen LogP contribution in [0.15, 0.2) is 38.9 Å². The van der Waals surface area contributed by atoms with Crippen LogP contribution in [0.4, 0.5) is 0 Å². The Balaban J connectivity index is 2.20. The maximum absolute atomic E-state index is 12.5. The Kier molecular flexibility index (Phi) is 4.69. The molecule has 0 radical (unpaired) electrons. The van der Waals surface area contributed by atoms with Gasteiger partial charge >= 0.3 is 5.97 Å². The SMILES string of the molecule is CCOC(=O)C1=C(C)N=C2SCC(=O)N2[C@@H]1c1cc(Br)ccc1O. The van der Waals surface area contributed by atoms with Crippen LogP contribution in [0, 0.1) is 0 Å². The highest BCUT2D eigenvalue weighted by molar-refractivity contribution is 9.10. The van der Waals surface area contributed by atoms with Crippen LogP contribution in [-0.4, -0.2) is 39.4 Å². The van der Waals surface area contributed by atoms with Gasteiger partial charge in [0.1, 0.15) is 11.8 Å². The number of aromatic hydroxyl groups is 1. The van der Waals surface area contributed by atoms with Crippen molar-refractivity contribution >= 4 is 44.7 Å². The molecule has 0 saturated carbocycles. The van der Waals surface area contributed by atoms with E-state index < -0.39 is 12.0 Å². The minimum Gasteiger partial charge on any atom is -0.508 e. The molecule has 1 aromatic rings. The molecule has 0 spiro atoms. The third-order valence-electron chi connectivity index (χ3n) is 3.76. The van der Waals surface area contributed by atoms with E-state index in [0.29, 0.717) is 16.4 Å². The molecule has 6 nitrogen and oxygen atoms in total. The van der Waals surface area contributed by atoms with Crippen LogP contribution in [0.1, 0.15) is 25.5 Å². The first-order valence-electron chi connectivity index (χ1n) is 7.34.